The van der Waals surface area contributed by atoms with E-state index < -0.39 is 18.1 Å². The third-order valence-corrected chi connectivity index (χ3v) is 3.13. The molecule has 0 saturated heterocycles. The molecule has 1 amide bonds. The number of benzene rings is 1. The smallest absolute Gasteiger partial charge is 0.307 e. The van der Waals surface area contributed by atoms with Crippen LogP contribution in [0.25, 0.3) is 0 Å². The standard InChI is InChI=1S/C13H17BrN2O3.ClH/c1-8(15)13(18)16-11(7-12(17)19-2)9-3-5-10(14)6-4-9;/h3-6,8,11H,7,15H2,1-2H3,(H,16,18);1H/t8-,11?;/m1./s1. The first kappa shape index (κ1) is 18.9. The Bertz CT molecular complexity index is 451. The average Bonchev–Trinajstić information content (AvgIpc) is 2.38. The molecule has 0 aromatic heterocycles. The lowest BCUT2D eigenvalue weighted by Crippen LogP contribution is -2.41. The Labute approximate surface area is 132 Å². The van der Waals surface area contributed by atoms with E-state index in [1.165, 1.54) is 7.11 Å². The van der Waals surface area contributed by atoms with Crippen molar-refractivity contribution in [2.45, 2.75) is 25.4 Å². The predicted molar refractivity (Wildman–Crippen MR) is 82.6 cm³/mol. The quantitative estimate of drug-likeness (QED) is 0.781. The Kier molecular flexibility index (Phi) is 8.45. The van der Waals surface area contributed by atoms with Crippen molar-refractivity contribution in [1.82, 2.24) is 5.32 Å². The van der Waals surface area contributed by atoms with E-state index in [0.717, 1.165) is 10.0 Å². The van der Waals surface area contributed by atoms with Gasteiger partial charge < -0.3 is 15.8 Å². The SMILES string of the molecule is COC(=O)CC(NC(=O)[C@@H](C)N)c1ccc(Br)cc1.Cl. The molecule has 20 heavy (non-hydrogen) atoms. The Morgan fingerprint density at radius 2 is 1.90 bits per heavy atom. The van der Waals surface area contributed by atoms with Crippen molar-refractivity contribution in [3.63, 3.8) is 0 Å². The van der Waals surface area contributed by atoms with Crippen molar-refractivity contribution in [2.24, 2.45) is 5.73 Å². The number of methoxy groups -OCH3 is 1. The zero-order valence-electron chi connectivity index (χ0n) is 11.3. The van der Waals surface area contributed by atoms with E-state index in [9.17, 15) is 9.59 Å². The van der Waals surface area contributed by atoms with Crippen LogP contribution >= 0.6 is 28.3 Å². The van der Waals surface area contributed by atoms with Gasteiger partial charge in [0.1, 0.15) is 0 Å². The van der Waals surface area contributed by atoms with E-state index in [1.54, 1.807) is 6.92 Å². The average molecular weight is 366 g/mol. The molecule has 0 aliphatic heterocycles. The van der Waals surface area contributed by atoms with Crippen molar-refractivity contribution < 1.29 is 14.3 Å². The number of rotatable bonds is 5. The Balaban J connectivity index is 0.00000361. The third kappa shape index (κ3) is 5.90. The monoisotopic (exact) mass is 364 g/mol. The molecule has 1 aromatic rings. The summed E-state index contributed by atoms with van der Waals surface area (Å²) in [6, 6.07) is 6.28. The minimum absolute atomic E-state index is 0. The summed E-state index contributed by atoms with van der Waals surface area (Å²) in [6.07, 6.45) is 0.0661. The predicted octanol–water partition coefficient (Wildman–Crippen LogP) is 1.94. The molecule has 0 heterocycles. The van der Waals surface area contributed by atoms with Gasteiger partial charge >= 0.3 is 5.97 Å². The summed E-state index contributed by atoms with van der Waals surface area (Å²) in [5, 5.41) is 2.74. The number of carbonyl (C=O) groups excluding carboxylic acids is 2. The van der Waals surface area contributed by atoms with E-state index in [0.29, 0.717) is 0 Å². The van der Waals surface area contributed by atoms with Crippen LogP contribution in [0.1, 0.15) is 24.9 Å². The van der Waals surface area contributed by atoms with Gasteiger partial charge in [-0.25, -0.2) is 0 Å². The highest BCUT2D eigenvalue weighted by Crippen LogP contribution is 2.20. The molecule has 0 aliphatic carbocycles. The van der Waals surface area contributed by atoms with Gasteiger partial charge in [-0.05, 0) is 24.6 Å². The van der Waals surface area contributed by atoms with Crippen molar-refractivity contribution in [1.29, 1.82) is 0 Å². The molecule has 1 rings (SSSR count). The number of esters is 1. The summed E-state index contributed by atoms with van der Waals surface area (Å²) in [7, 11) is 1.31. The first-order chi connectivity index (χ1) is 8.93. The number of hydrogen-bond donors (Lipinski definition) is 2. The maximum absolute atomic E-state index is 11.7. The number of halogens is 2. The molecule has 0 aliphatic rings. The van der Waals surface area contributed by atoms with E-state index in [-0.39, 0.29) is 24.7 Å². The van der Waals surface area contributed by atoms with Crippen molar-refractivity contribution in [3.8, 4) is 0 Å². The summed E-state index contributed by atoms with van der Waals surface area (Å²) >= 11 is 3.33. The van der Waals surface area contributed by atoms with Crippen LogP contribution in [0.3, 0.4) is 0 Å². The summed E-state index contributed by atoms with van der Waals surface area (Å²) in [6.45, 7) is 1.59. The van der Waals surface area contributed by atoms with Crippen molar-refractivity contribution in [3.05, 3.63) is 34.3 Å². The second-order valence-electron chi connectivity index (χ2n) is 4.18. The summed E-state index contributed by atoms with van der Waals surface area (Å²) in [5.74, 6) is -0.699. The zero-order chi connectivity index (χ0) is 14.4. The lowest BCUT2D eigenvalue weighted by atomic mass is 10.0. The summed E-state index contributed by atoms with van der Waals surface area (Å²) in [4.78, 5) is 23.1. The van der Waals surface area contributed by atoms with Crippen LogP contribution in [0.2, 0.25) is 0 Å². The van der Waals surface area contributed by atoms with Crippen LogP contribution in [0.4, 0.5) is 0 Å². The normalized spacial score (nSPS) is 12.8. The van der Waals surface area contributed by atoms with Gasteiger partial charge in [-0.15, -0.1) is 12.4 Å². The zero-order valence-corrected chi connectivity index (χ0v) is 13.7. The van der Waals surface area contributed by atoms with Gasteiger partial charge in [0.25, 0.3) is 0 Å². The minimum atomic E-state index is -0.629. The number of hydrogen-bond acceptors (Lipinski definition) is 4. The fourth-order valence-corrected chi connectivity index (χ4v) is 1.76. The van der Waals surface area contributed by atoms with Gasteiger partial charge in [-0.3, -0.25) is 9.59 Å². The van der Waals surface area contributed by atoms with Crippen molar-refractivity contribution in [2.75, 3.05) is 7.11 Å². The highest BCUT2D eigenvalue weighted by atomic mass is 79.9. The van der Waals surface area contributed by atoms with Gasteiger partial charge in [-0.2, -0.15) is 0 Å². The van der Waals surface area contributed by atoms with E-state index in [1.807, 2.05) is 24.3 Å². The van der Waals surface area contributed by atoms with Crippen LogP contribution in [-0.2, 0) is 14.3 Å². The molecule has 0 spiro atoms. The fraction of sp³-hybridized carbons (Fsp3) is 0.385. The molecule has 112 valence electrons. The molecular formula is C13H18BrClN2O3. The van der Waals surface area contributed by atoms with Crippen LogP contribution in [0.5, 0.6) is 0 Å². The van der Waals surface area contributed by atoms with Crippen LogP contribution in [0, 0.1) is 0 Å². The van der Waals surface area contributed by atoms with E-state index in [2.05, 4.69) is 26.0 Å². The molecule has 5 nitrogen and oxygen atoms in total. The Morgan fingerprint density at radius 1 is 1.35 bits per heavy atom. The summed E-state index contributed by atoms with van der Waals surface area (Å²) in [5.41, 5.74) is 6.34. The maximum atomic E-state index is 11.7. The molecule has 0 saturated carbocycles. The second-order valence-corrected chi connectivity index (χ2v) is 5.10. The third-order valence-electron chi connectivity index (χ3n) is 2.60. The van der Waals surface area contributed by atoms with Crippen LogP contribution < -0.4 is 11.1 Å². The highest BCUT2D eigenvalue weighted by Gasteiger charge is 2.20. The fourth-order valence-electron chi connectivity index (χ4n) is 1.50. The molecule has 0 radical (unpaired) electrons. The number of amides is 1. The Hall–Kier alpha value is -1.11. The largest absolute Gasteiger partial charge is 0.469 e. The minimum Gasteiger partial charge on any atom is -0.469 e. The van der Waals surface area contributed by atoms with E-state index in [4.69, 9.17) is 5.73 Å². The number of carbonyl (C=O) groups is 2. The van der Waals surface area contributed by atoms with Gasteiger partial charge in [0.05, 0.1) is 25.6 Å². The van der Waals surface area contributed by atoms with Crippen LogP contribution in [0.15, 0.2) is 28.7 Å². The first-order valence-corrected chi connectivity index (χ1v) is 6.61. The summed E-state index contributed by atoms with van der Waals surface area (Å²) < 4.78 is 5.56. The number of ether oxygens (including phenoxy) is 1. The molecule has 7 heteroatoms. The lowest BCUT2D eigenvalue weighted by molar-refractivity contribution is -0.141. The molecule has 0 bridgehead atoms. The maximum Gasteiger partial charge on any atom is 0.307 e. The number of nitrogens with one attached hydrogen (secondary N) is 1. The van der Waals surface area contributed by atoms with Crippen LogP contribution in [-0.4, -0.2) is 25.0 Å². The molecule has 0 fully saturated rings. The Morgan fingerprint density at radius 3 is 2.35 bits per heavy atom. The first-order valence-electron chi connectivity index (χ1n) is 5.82. The molecule has 1 aromatic carbocycles. The highest BCUT2D eigenvalue weighted by molar-refractivity contribution is 9.10. The van der Waals surface area contributed by atoms with Gasteiger partial charge in [0.2, 0.25) is 5.91 Å². The molecular weight excluding hydrogens is 348 g/mol. The van der Waals surface area contributed by atoms with E-state index >= 15 is 0 Å². The second kappa shape index (κ2) is 8.94. The van der Waals surface area contributed by atoms with Gasteiger partial charge in [-0.1, -0.05) is 28.1 Å². The number of nitrogens with two attached hydrogens (primary N) is 1. The van der Waals surface area contributed by atoms with Gasteiger partial charge in [0.15, 0.2) is 0 Å². The molecule has 3 N–H and O–H groups in total. The molecule has 1 unspecified atom stereocenters. The van der Waals surface area contributed by atoms with Crippen molar-refractivity contribution >= 4 is 40.2 Å². The lowest BCUT2D eigenvalue weighted by Gasteiger charge is -2.19. The topological polar surface area (TPSA) is 81.4 Å². The van der Waals surface area contributed by atoms with Gasteiger partial charge in [0, 0.05) is 4.47 Å². The molecule has 2 atom stereocenters.